The van der Waals surface area contributed by atoms with Gasteiger partial charge in [0.15, 0.2) is 0 Å². The molecule has 0 aromatic carbocycles. The topological polar surface area (TPSA) is 95.5 Å². The molecule has 2 amide bonds. The van der Waals surface area contributed by atoms with Gasteiger partial charge in [0.05, 0.1) is 17.4 Å². The summed E-state index contributed by atoms with van der Waals surface area (Å²) in [5.74, 6) is -3.28. The number of amides is 2. The minimum Gasteiger partial charge on any atom is -0.481 e. The Balaban J connectivity index is 1.62. The number of fused-ring (bicyclic) bond motifs is 2. The van der Waals surface area contributed by atoms with Crippen LogP contribution in [0.15, 0.2) is 23.6 Å². The van der Waals surface area contributed by atoms with Gasteiger partial charge < -0.3 is 5.11 Å². The van der Waals surface area contributed by atoms with Gasteiger partial charge in [-0.25, -0.2) is 0 Å². The molecule has 7 heteroatoms. The fourth-order valence-electron chi connectivity index (χ4n) is 3.48. The van der Waals surface area contributed by atoms with Crippen LogP contribution in [-0.4, -0.2) is 22.9 Å². The third-order valence-electron chi connectivity index (χ3n) is 4.61. The number of hydrogen-bond donors (Lipinski definition) is 3. The molecule has 3 N–H and O–H groups in total. The minimum atomic E-state index is -0.959. The summed E-state index contributed by atoms with van der Waals surface area (Å²) in [5, 5.41) is 11.1. The van der Waals surface area contributed by atoms with Crippen LogP contribution in [0.2, 0.25) is 0 Å². The third kappa shape index (κ3) is 2.88. The van der Waals surface area contributed by atoms with Crippen molar-refractivity contribution in [3.63, 3.8) is 0 Å². The molecule has 2 aliphatic carbocycles. The highest BCUT2D eigenvalue weighted by molar-refractivity contribution is 7.10. The molecule has 0 radical (unpaired) electrons. The summed E-state index contributed by atoms with van der Waals surface area (Å²) in [4.78, 5) is 36.8. The Bertz CT molecular complexity index is 681. The van der Waals surface area contributed by atoms with Gasteiger partial charge in [-0.05, 0) is 30.7 Å². The number of aliphatic carboxylic acids is 1. The Labute approximate surface area is 137 Å². The van der Waals surface area contributed by atoms with Gasteiger partial charge in [-0.15, -0.1) is 11.3 Å². The highest BCUT2D eigenvalue weighted by Gasteiger charge is 2.51. The number of hydrogen-bond acceptors (Lipinski definition) is 4. The average molecular weight is 334 g/mol. The Morgan fingerprint density at radius 2 is 1.91 bits per heavy atom. The zero-order chi connectivity index (χ0) is 16.6. The van der Waals surface area contributed by atoms with Gasteiger partial charge >= 0.3 is 5.97 Å². The maximum atomic E-state index is 12.3. The molecule has 2 aliphatic rings. The molecule has 1 saturated carbocycles. The fraction of sp³-hybridized carbons (Fsp3) is 0.438. The van der Waals surface area contributed by atoms with Crippen molar-refractivity contribution >= 4 is 29.1 Å². The molecular formula is C16H18N2O4S. The van der Waals surface area contributed by atoms with Crippen molar-refractivity contribution in [1.82, 2.24) is 10.9 Å². The van der Waals surface area contributed by atoms with Crippen LogP contribution >= 0.6 is 11.3 Å². The predicted octanol–water partition coefficient (Wildman–Crippen LogP) is 1.59. The van der Waals surface area contributed by atoms with Crippen molar-refractivity contribution in [2.75, 3.05) is 0 Å². The summed E-state index contributed by atoms with van der Waals surface area (Å²) in [7, 11) is 0. The van der Waals surface area contributed by atoms with E-state index in [0.29, 0.717) is 12.0 Å². The fourth-order valence-corrected chi connectivity index (χ4v) is 4.29. The van der Waals surface area contributed by atoms with Gasteiger partial charge in [-0.2, -0.15) is 0 Å². The number of allylic oxidation sites excluding steroid dienone is 2. The molecule has 1 heterocycles. The van der Waals surface area contributed by atoms with Crippen molar-refractivity contribution in [3.8, 4) is 0 Å². The number of carbonyl (C=O) groups is 3. The molecule has 2 bridgehead atoms. The molecule has 0 spiro atoms. The SMILES string of the molecule is CCc1cc(C(=O)NNC(=O)[C@H]2[C@@H](C(=O)O)[C@H]3C=C[C@@H]2C3)cs1. The van der Waals surface area contributed by atoms with E-state index >= 15 is 0 Å². The van der Waals surface area contributed by atoms with E-state index in [4.69, 9.17) is 0 Å². The lowest BCUT2D eigenvalue weighted by Crippen LogP contribution is -2.48. The molecule has 1 aromatic rings. The summed E-state index contributed by atoms with van der Waals surface area (Å²) in [5.41, 5.74) is 5.27. The molecule has 122 valence electrons. The summed E-state index contributed by atoms with van der Waals surface area (Å²) in [6.45, 7) is 2.00. The monoisotopic (exact) mass is 334 g/mol. The van der Waals surface area contributed by atoms with Crippen molar-refractivity contribution in [1.29, 1.82) is 0 Å². The standard InChI is InChI=1S/C16H18N2O4S/c1-2-11-6-10(7-23-11)14(19)17-18-15(20)12-8-3-4-9(5-8)13(12)16(21)22/h3-4,6-9,12-13H,2,5H2,1H3,(H,17,19)(H,18,20)(H,21,22)/t8-,9+,12-,13+/m1/s1. The van der Waals surface area contributed by atoms with Gasteiger partial charge in [0.25, 0.3) is 5.91 Å². The number of hydrazine groups is 1. The number of carboxylic acids is 1. The van der Waals surface area contributed by atoms with Crippen LogP contribution in [-0.2, 0) is 16.0 Å². The molecule has 0 saturated heterocycles. The smallest absolute Gasteiger partial charge is 0.307 e. The Kier molecular flexibility index (Phi) is 4.21. The van der Waals surface area contributed by atoms with Crippen LogP contribution in [0.4, 0.5) is 0 Å². The van der Waals surface area contributed by atoms with Gasteiger partial charge in [0.1, 0.15) is 0 Å². The molecule has 6 nitrogen and oxygen atoms in total. The molecule has 0 aliphatic heterocycles. The van der Waals surface area contributed by atoms with Crippen molar-refractivity contribution < 1.29 is 19.5 Å². The number of aryl methyl sites for hydroxylation is 1. The molecule has 1 fully saturated rings. The molecule has 0 unspecified atom stereocenters. The van der Waals surface area contributed by atoms with E-state index < -0.39 is 23.7 Å². The van der Waals surface area contributed by atoms with Gasteiger partial charge in [0.2, 0.25) is 5.91 Å². The zero-order valence-corrected chi connectivity index (χ0v) is 13.4. The lowest BCUT2D eigenvalue weighted by atomic mass is 9.82. The number of nitrogens with one attached hydrogen (secondary N) is 2. The molecule has 23 heavy (non-hydrogen) atoms. The second-order valence-electron chi connectivity index (χ2n) is 5.94. The van der Waals surface area contributed by atoms with E-state index in [-0.39, 0.29) is 17.7 Å². The summed E-state index contributed by atoms with van der Waals surface area (Å²) in [6, 6.07) is 1.78. The Morgan fingerprint density at radius 3 is 2.52 bits per heavy atom. The van der Waals surface area contributed by atoms with Crippen molar-refractivity contribution in [3.05, 3.63) is 34.0 Å². The van der Waals surface area contributed by atoms with E-state index in [1.165, 1.54) is 11.3 Å². The normalized spacial score (nSPS) is 27.9. The minimum absolute atomic E-state index is 0.0640. The van der Waals surface area contributed by atoms with Crippen LogP contribution in [0.5, 0.6) is 0 Å². The first-order valence-electron chi connectivity index (χ1n) is 7.60. The number of thiophene rings is 1. The largest absolute Gasteiger partial charge is 0.481 e. The second kappa shape index (κ2) is 6.16. The second-order valence-corrected chi connectivity index (χ2v) is 6.93. The zero-order valence-electron chi connectivity index (χ0n) is 12.6. The van der Waals surface area contributed by atoms with E-state index in [0.717, 1.165) is 11.3 Å². The Hall–Kier alpha value is -2.15. The lowest BCUT2D eigenvalue weighted by molar-refractivity contribution is -0.148. The summed E-state index contributed by atoms with van der Waals surface area (Å²) >= 11 is 1.49. The lowest BCUT2D eigenvalue weighted by Gasteiger charge is -2.23. The average Bonchev–Trinajstić information content (AvgIpc) is 3.25. The van der Waals surface area contributed by atoms with E-state index in [2.05, 4.69) is 10.9 Å². The quantitative estimate of drug-likeness (QED) is 0.575. The van der Waals surface area contributed by atoms with Crippen molar-refractivity contribution in [2.45, 2.75) is 19.8 Å². The van der Waals surface area contributed by atoms with Crippen LogP contribution < -0.4 is 10.9 Å². The predicted molar refractivity (Wildman–Crippen MR) is 84.7 cm³/mol. The summed E-state index contributed by atoms with van der Waals surface area (Å²) in [6.07, 6.45) is 5.32. The molecule has 4 atom stereocenters. The van der Waals surface area contributed by atoms with Gasteiger partial charge in [-0.1, -0.05) is 19.1 Å². The number of carboxylic acid groups (broad SMARTS) is 1. The van der Waals surface area contributed by atoms with Crippen LogP contribution in [0.25, 0.3) is 0 Å². The number of rotatable bonds is 4. The van der Waals surface area contributed by atoms with Gasteiger partial charge in [0, 0.05) is 10.3 Å². The number of carbonyl (C=O) groups excluding carboxylic acids is 2. The maximum Gasteiger partial charge on any atom is 0.307 e. The van der Waals surface area contributed by atoms with Crippen LogP contribution in [0.3, 0.4) is 0 Å². The first kappa shape index (κ1) is 15.7. The first-order chi connectivity index (χ1) is 11.0. The van der Waals surface area contributed by atoms with Gasteiger partial charge in [-0.3, -0.25) is 25.2 Å². The molecule has 3 rings (SSSR count). The summed E-state index contributed by atoms with van der Waals surface area (Å²) < 4.78 is 0. The van der Waals surface area contributed by atoms with E-state index in [1.54, 1.807) is 11.4 Å². The first-order valence-corrected chi connectivity index (χ1v) is 8.48. The highest BCUT2D eigenvalue weighted by Crippen LogP contribution is 2.48. The van der Waals surface area contributed by atoms with Crippen LogP contribution in [0, 0.1) is 23.7 Å². The van der Waals surface area contributed by atoms with Crippen LogP contribution in [0.1, 0.15) is 28.6 Å². The molecular weight excluding hydrogens is 316 g/mol. The van der Waals surface area contributed by atoms with Crippen molar-refractivity contribution in [2.24, 2.45) is 23.7 Å². The Morgan fingerprint density at radius 1 is 1.22 bits per heavy atom. The maximum absolute atomic E-state index is 12.3. The third-order valence-corrected chi connectivity index (χ3v) is 5.69. The highest BCUT2D eigenvalue weighted by atomic mass is 32.1. The van der Waals surface area contributed by atoms with E-state index in [1.807, 2.05) is 19.1 Å². The molecule has 1 aromatic heterocycles. The van der Waals surface area contributed by atoms with E-state index in [9.17, 15) is 19.5 Å².